The van der Waals surface area contributed by atoms with E-state index in [-0.39, 0.29) is 0 Å². The van der Waals surface area contributed by atoms with Gasteiger partial charge in [-0.2, -0.15) is 0 Å². The van der Waals surface area contributed by atoms with E-state index in [1.165, 1.54) is 0 Å². The van der Waals surface area contributed by atoms with E-state index in [0.717, 1.165) is 28.1 Å². The minimum atomic E-state index is -0.911. The summed E-state index contributed by atoms with van der Waals surface area (Å²) in [6.07, 6.45) is 2.88. The van der Waals surface area contributed by atoms with E-state index in [1.807, 2.05) is 54.6 Å². The number of hydrogen-bond donors (Lipinski definition) is 6. The molecule has 0 spiro atoms. The Morgan fingerprint density at radius 2 is 1.64 bits per heavy atom. The Balaban J connectivity index is 2.07. The van der Waals surface area contributed by atoms with Crippen molar-refractivity contribution in [3.63, 3.8) is 0 Å². The van der Waals surface area contributed by atoms with Crippen molar-refractivity contribution in [3.8, 4) is 0 Å². The molecule has 0 aromatic heterocycles. The zero-order chi connectivity index (χ0) is 18.2. The summed E-state index contributed by atoms with van der Waals surface area (Å²) in [5.41, 5.74) is 21.1. The number of anilines is 2. The van der Waals surface area contributed by atoms with Gasteiger partial charge in [0.1, 0.15) is 12.5 Å². The number of nitrogen functional groups attached to an aromatic ring is 1. The van der Waals surface area contributed by atoms with E-state index in [2.05, 4.69) is 5.32 Å². The van der Waals surface area contributed by atoms with Crippen LogP contribution >= 0.6 is 0 Å². The van der Waals surface area contributed by atoms with Crippen LogP contribution in [-0.4, -0.2) is 29.2 Å². The number of nitrogens with one attached hydrogen (secondary N) is 1. The second kappa shape index (κ2) is 9.19. The third kappa shape index (κ3) is 6.56. The maximum Gasteiger partial charge on any atom is 0.106 e. The first kappa shape index (κ1) is 19.0. The summed E-state index contributed by atoms with van der Waals surface area (Å²) in [6, 6.07) is 13.3. The minimum absolute atomic E-state index is 0.358. The molecule has 2 unspecified atom stereocenters. The first-order valence-corrected chi connectivity index (χ1v) is 8.19. The van der Waals surface area contributed by atoms with Crippen molar-refractivity contribution in [1.29, 1.82) is 0 Å². The van der Waals surface area contributed by atoms with Crippen LogP contribution in [0.25, 0.3) is 6.08 Å². The molecule has 0 fully saturated rings. The molecule has 6 nitrogen and oxygen atoms in total. The maximum atomic E-state index is 9.46. The average Bonchev–Trinajstić information content (AvgIpc) is 2.54. The van der Waals surface area contributed by atoms with Gasteiger partial charge in [0.2, 0.25) is 0 Å². The summed E-state index contributed by atoms with van der Waals surface area (Å²) < 4.78 is 0. The fourth-order valence-electron chi connectivity index (χ4n) is 2.54. The number of benzene rings is 2. The molecule has 2 atom stereocenters. The van der Waals surface area contributed by atoms with E-state index in [4.69, 9.17) is 17.2 Å². The number of hydrogen-bond acceptors (Lipinski definition) is 6. The van der Waals surface area contributed by atoms with Crippen molar-refractivity contribution < 1.29 is 10.2 Å². The quantitative estimate of drug-likeness (QED) is 0.314. The molecule has 25 heavy (non-hydrogen) atoms. The van der Waals surface area contributed by atoms with Gasteiger partial charge >= 0.3 is 0 Å². The topological polar surface area (TPSA) is 131 Å². The second-order valence-corrected chi connectivity index (χ2v) is 5.98. The second-order valence-electron chi connectivity index (χ2n) is 5.98. The Hall–Kier alpha value is -2.38. The summed E-state index contributed by atoms with van der Waals surface area (Å²) in [5, 5.41) is 22.1. The Morgan fingerprint density at radius 3 is 2.28 bits per heavy atom. The Morgan fingerprint density at radius 1 is 0.960 bits per heavy atom. The lowest BCUT2D eigenvalue weighted by atomic mass is 9.98. The Kier molecular flexibility index (Phi) is 6.97. The van der Waals surface area contributed by atoms with Crippen LogP contribution in [0, 0.1) is 0 Å². The van der Waals surface area contributed by atoms with Gasteiger partial charge in [-0.1, -0.05) is 30.4 Å². The zero-order valence-electron chi connectivity index (χ0n) is 14.1. The molecule has 0 bridgehead atoms. The third-order valence-corrected chi connectivity index (χ3v) is 3.72. The van der Waals surface area contributed by atoms with E-state index in [9.17, 15) is 10.2 Å². The van der Waals surface area contributed by atoms with Gasteiger partial charge < -0.3 is 32.7 Å². The molecule has 0 aliphatic rings. The number of aliphatic hydroxyl groups excluding tert-OH is 2. The lowest BCUT2D eigenvalue weighted by Crippen LogP contribution is -2.23. The molecular formula is C19H26N4O2. The zero-order valence-corrected chi connectivity index (χ0v) is 14.1. The molecule has 0 radical (unpaired) electrons. The van der Waals surface area contributed by atoms with Crippen LogP contribution in [0.1, 0.15) is 16.7 Å². The molecule has 0 saturated heterocycles. The van der Waals surface area contributed by atoms with E-state index < -0.39 is 12.5 Å². The van der Waals surface area contributed by atoms with Gasteiger partial charge in [0.05, 0.1) is 0 Å². The van der Waals surface area contributed by atoms with Crippen LogP contribution in [0.15, 0.2) is 48.5 Å². The molecule has 0 saturated carbocycles. The predicted molar refractivity (Wildman–Crippen MR) is 103 cm³/mol. The van der Waals surface area contributed by atoms with Gasteiger partial charge in [-0.25, -0.2) is 0 Å². The van der Waals surface area contributed by atoms with Crippen molar-refractivity contribution in [2.45, 2.75) is 25.3 Å². The molecule has 2 aromatic rings. The third-order valence-electron chi connectivity index (χ3n) is 3.72. The lowest BCUT2D eigenvalue weighted by Gasteiger charge is -2.12. The largest absolute Gasteiger partial charge is 0.399 e. The van der Waals surface area contributed by atoms with Crippen molar-refractivity contribution in [1.82, 2.24) is 0 Å². The predicted octanol–water partition coefficient (Wildman–Crippen LogP) is 1.03. The van der Waals surface area contributed by atoms with Crippen LogP contribution in [0.5, 0.6) is 0 Å². The molecule has 0 heterocycles. The molecule has 0 aliphatic heterocycles. The number of nitrogens with two attached hydrogens (primary N) is 3. The van der Waals surface area contributed by atoms with E-state index in [1.54, 1.807) is 0 Å². The monoisotopic (exact) mass is 342 g/mol. The highest BCUT2D eigenvalue weighted by Gasteiger charge is 2.07. The average molecular weight is 342 g/mol. The SMILES string of the molecule is Nc1ccc(NCC=Cc2cc(CC(N)O)ccc2CC(N)O)cc1. The van der Waals surface area contributed by atoms with Crippen LogP contribution in [-0.2, 0) is 12.8 Å². The molecule has 2 rings (SSSR count). The van der Waals surface area contributed by atoms with Crippen LogP contribution in [0.4, 0.5) is 11.4 Å². The highest BCUT2D eigenvalue weighted by atomic mass is 16.3. The normalized spacial score (nSPS) is 13.8. The molecule has 134 valence electrons. The lowest BCUT2D eigenvalue weighted by molar-refractivity contribution is 0.181. The number of rotatable bonds is 8. The maximum absolute atomic E-state index is 9.46. The van der Waals surface area contributed by atoms with Gasteiger partial charge in [0.25, 0.3) is 0 Å². The van der Waals surface area contributed by atoms with Crippen molar-refractivity contribution >= 4 is 17.5 Å². The molecule has 0 aliphatic carbocycles. The first-order chi connectivity index (χ1) is 11.9. The summed E-state index contributed by atoms with van der Waals surface area (Å²) in [4.78, 5) is 0. The Labute approximate surface area is 148 Å². The summed E-state index contributed by atoms with van der Waals surface area (Å²) in [6.45, 7) is 0.637. The smallest absolute Gasteiger partial charge is 0.106 e. The van der Waals surface area contributed by atoms with E-state index in [0.29, 0.717) is 19.4 Å². The summed E-state index contributed by atoms with van der Waals surface area (Å²) in [5.74, 6) is 0. The van der Waals surface area contributed by atoms with Crippen molar-refractivity contribution in [2.24, 2.45) is 11.5 Å². The van der Waals surface area contributed by atoms with Crippen LogP contribution < -0.4 is 22.5 Å². The highest BCUT2D eigenvalue weighted by molar-refractivity contribution is 5.57. The van der Waals surface area contributed by atoms with Gasteiger partial charge in [0, 0.05) is 30.8 Å². The van der Waals surface area contributed by atoms with Gasteiger partial charge in [0.15, 0.2) is 0 Å². The van der Waals surface area contributed by atoms with Gasteiger partial charge in [-0.15, -0.1) is 0 Å². The van der Waals surface area contributed by atoms with Crippen LogP contribution in [0.3, 0.4) is 0 Å². The van der Waals surface area contributed by atoms with Gasteiger partial charge in [-0.05, 0) is 41.0 Å². The number of aliphatic hydroxyl groups is 2. The molecule has 2 aromatic carbocycles. The highest BCUT2D eigenvalue weighted by Crippen LogP contribution is 2.17. The molecule has 0 amide bonds. The van der Waals surface area contributed by atoms with E-state index >= 15 is 0 Å². The molecule has 9 N–H and O–H groups in total. The van der Waals surface area contributed by atoms with Crippen molar-refractivity contribution in [3.05, 3.63) is 65.2 Å². The van der Waals surface area contributed by atoms with Crippen molar-refractivity contribution in [2.75, 3.05) is 17.6 Å². The fraction of sp³-hybridized carbons (Fsp3) is 0.263. The minimum Gasteiger partial charge on any atom is -0.399 e. The summed E-state index contributed by atoms with van der Waals surface area (Å²) in [7, 11) is 0. The van der Waals surface area contributed by atoms with Gasteiger partial charge in [-0.3, -0.25) is 0 Å². The molecule has 6 heteroatoms. The van der Waals surface area contributed by atoms with Crippen LogP contribution in [0.2, 0.25) is 0 Å². The fourth-order valence-corrected chi connectivity index (χ4v) is 2.54. The molecular weight excluding hydrogens is 316 g/mol. The first-order valence-electron chi connectivity index (χ1n) is 8.19. The standard InChI is InChI=1S/C19H26N4O2/c20-16-5-7-17(8-6-16)23-9-1-2-14-10-13(11-18(21)24)3-4-15(14)12-19(22)25/h1-8,10,18-19,23-25H,9,11-12,20-22H2. The Bertz CT molecular complexity index is 697. The summed E-state index contributed by atoms with van der Waals surface area (Å²) >= 11 is 0.